The molecule has 1 atom stereocenters. The van der Waals surface area contributed by atoms with Crippen LogP contribution in [0.1, 0.15) is 11.6 Å². The summed E-state index contributed by atoms with van der Waals surface area (Å²) < 4.78 is 28.1. The number of nitrogens with one attached hydrogen (secondary N) is 1. The minimum absolute atomic E-state index is 0.145. The first kappa shape index (κ1) is 18.6. The van der Waals surface area contributed by atoms with Gasteiger partial charge in [-0.15, -0.1) is 0 Å². The quantitative estimate of drug-likeness (QED) is 0.862. The van der Waals surface area contributed by atoms with Gasteiger partial charge in [0.15, 0.2) is 0 Å². The van der Waals surface area contributed by atoms with E-state index in [2.05, 4.69) is 9.62 Å². The molecule has 6 nitrogen and oxygen atoms in total. The highest BCUT2D eigenvalue weighted by Gasteiger charge is 2.31. The molecule has 26 heavy (non-hydrogen) atoms. The van der Waals surface area contributed by atoms with E-state index in [9.17, 15) is 13.2 Å². The van der Waals surface area contributed by atoms with E-state index in [1.165, 1.54) is 12.1 Å². The van der Waals surface area contributed by atoms with Gasteiger partial charge in [0.05, 0.1) is 4.90 Å². The zero-order valence-electron chi connectivity index (χ0n) is 14.7. The van der Waals surface area contributed by atoms with E-state index in [1.54, 1.807) is 47.4 Å². The summed E-state index contributed by atoms with van der Waals surface area (Å²) in [6.45, 7) is 2.73. The molecule has 2 aromatic rings. The number of benzene rings is 2. The lowest BCUT2D eigenvalue weighted by atomic mass is 10.1. The molecule has 7 heteroatoms. The highest BCUT2D eigenvalue weighted by atomic mass is 32.2. The van der Waals surface area contributed by atoms with E-state index in [0.29, 0.717) is 18.7 Å². The molecule has 138 valence electrons. The van der Waals surface area contributed by atoms with Crippen molar-refractivity contribution in [3.05, 3.63) is 66.2 Å². The van der Waals surface area contributed by atoms with E-state index >= 15 is 0 Å². The third-order valence-corrected chi connectivity index (χ3v) is 5.96. The Bertz CT molecular complexity index is 833. The first-order valence-electron chi connectivity index (χ1n) is 8.57. The lowest BCUT2D eigenvalue weighted by molar-refractivity contribution is -0.134. The zero-order valence-corrected chi connectivity index (χ0v) is 15.5. The van der Waals surface area contributed by atoms with Crippen LogP contribution in [0.2, 0.25) is 0 Å². The van der Waals surface area contributed by atoms with Crippen LogP contribution >= 0.6 is 0 Å². The molecule has 0 saturated carbocycles. The van der Waals surface area contributed by atoms with E-state index in [1.807, 2.05) is 13.1 Å². The summed E-state index contributed by atoms with van der Waals surface area (Å²) in [4.78, 5) is 17.1. The second-order valence-corrected chi connectivity index (χ2v) is 8.12. The van der Waals surface area contributed by atoms with Gasteiger partial charge in [0.25, 0.3) is 0 Å². The molecule has 1 aliphatic rings. The molecule has 1 heterocycles. The van der Waals surface area contributed by atoms with Crippen LogP contribution in [0.4, 0.5) is 0 Å². The third-order valence-electron chi connectivity index (χ3n) is 4.52. The van der Waals surface area contributed by atoms with Crippen molar-refractivity contribution in [2.24, 2.45) is 0 Å². The topological polar surface area (TPSA) is 69.7 Å². The van der Waals surface area contributed by atoms with Gasteiger partial charge in [0.2, 0.25) is 15.9 Å². The second kappa shape index (κ2) is 7.99. The van der Waals surface area contributed by atoms with Crippen molar-refractivity contribution < 1.29 is 13.2 Å². The molecular formula is C19H23N3O3S. The van der Waals surface area contributed by atoms with Crippen LogP contribution in [0.3, 0.4) is 0 Å². The first-order chi connectivity index (χ1) is 12.5. The van der Waals surface area contributed by atoms with Crippen LogP contribution < -0.4 is 4.72 Å². The molecule has 0 bridgehead atoms. The number of nitrogens with zero attached hydrogens (tertiary/aromatic N) is 2. The van der Waals surface area contributed by atoms with E-state index < -0.39 is 16.1 Å². The number of hydrogen-bond donors (Lipinski definition) is 1. The number of likely N-dealkylation sites (N-methyl/N-ethyl adjacent to an activating group) is 1. The molecule has 1 unspecified atom stereocenters. The summed E-state index contributed by atoms with van der Waals surface area (Å²) in [7, 11) is -1.80. The molecule has 1 fully saturated rings. The molecule has 1 saturated heterocycles. The van der Waals surface area contributed by atoms with E-state index in [0.717, 1.165) is 13.1 Å². The number of carbonyl (C=O) groups is 1. The Morgan fingerprint density at radius 2 is 1.46 bits per heavy atom. The van der Waals surface area contributed by atoms with Crippen LogP contribution in [0.25, 0.3) is 0 Å². The Hall–Kier alpha value is -2.22. The Kier molecular flexibility index (Phi) is 5.70. The zero-order chi connectivity index (χ0) is 18.6. The maximum Gasteiger partial charge on any atom is 0.245 e. The Morgan fingerprint density at radius 3 is 2.04 bits per heavy atom. The fourth-order valence-electron chi connectivity index (χ4n) is 2.94. The standard InChI is InChI=1S/C19H23N3O3S/c1-21-12-14-22(15-13-21)19(23)18(16-8-4-2-5-9-16)20-26(24,25)17-10-6-3-7-11-17/h2-11,18,20H,12-15H2,1H3. The average molecular weight is 373 g/mol. The van der Waals surface area contributed by atoms with Crippen molar-refractivity contribution in [2.75, 3.05) is 33.2 Å². The smallest absolute Gasteiger partial charge is 0.245 e. The molecule has 2 aromatic carbocycles. The fourth-order valence-corrected chi connectivity index (χ4v) is 4.14. The number of hydrogen-bond acceptors (Lipinski definition) is 4. The molecule has 0 aromatic heterocycles. The summed E-state index contributed by atoms with van der Waals surface area (Å²) in [5, 5.41) is 0. The van der Waals surface area contributed by atoms with Crippen LogP contribution in [-0.4, -0.2) is 57.4 Å². The van der Waals surface area contributed by atoms with Gasteiger partial charge in [-0.3, -0.25) is 4.79 Å². The number of carbonyl (C=O) groups excluding carboxylic acids is 1. The van der Waals surface area contributed by atoms with Crippen molar-refractivity contribution in [1.82, 2.24) is 14.5 Å². The molecule has 0 spiro atoms. The summed E-state index contributed by atoms with van der Waals surface area (Å²) in [6.07, 6.45) is 0. The summed E-state index contributed by atoms with van der Waals surface area (Å²) in [6, 6.07) is 16.2. The van der Waals surface area contributed by atoms with Gasteiger partial charge >= 0.3 is 0 Å². The number of amides is 1. The lowest BCUT2D eigenvalue weighted by Crippen LogP contribution is -2.51. The summed E-state index contributed by atoms with van der Waals surface area (Å²) in [5.41, 5.74) is 0.635. The highest BCUT2D eigenvalue weighted by molar-refractivity contribution is 7.89. The maximum atomic E-state index is 13.1. The van der Waals surface area contributed by atoms with Crippen molar-refractivity contribution in [3.63, 3.8) is 0 Å². The Morgan fingerprint density at radius 1 is 0.923 bits per heavy atom. The molecular weight excluding hydrogens is 350 g/mol. The Balaban J connectivity index is 1.88. The monoisotopic (exact) mass is 373 g/mol. The van der Waals surface area contributed by atoms with Gasteiger partial charge in [0, 0.05) is 26.2 Å². The first-order valence-corrected chi connectivity index (χ1v) is 10.1. The van der Waals surface area contributed by atoms with Crippen molar-refractivity contribution in [2.45, 2.75) is 10.9 Å². The number of piperazine rings is 1. The van der Waals surface area contributed by atoms with Crippen molar-refractivity contribution in [1.29, 1.82) is 0 Å². The largest absolute Gasteiger partial charge is 0.338 e. The van der Waals surface area contributed by atoms with Gasteiger partial charge in [-0.2, -0.15) is 4.72 Å². The average Bonchev–Trinajstić information content (AvgIpc) is 2.68. The molecule has 3 rings (SSSR count). The number of sulfonamides is 1. The third kappa shape index (κ3) is 4.30. The number of rotatable bonds is 5. The van der Waals surface area contributed by atoms with Crippen LogP contribution in [-0.2, 0) is 14.8 Å². The van der Waals surface area contributed by atoms with Gasteiger partial charge in [-0.05, 0) is 24.7 Å². The second-order valence-electron chi connectivity index (χ2n) is 6.41. The molecule has 0 radical (unpaired) electrons. The molecule has 1 amide bonds. The molecule has 1 N–H and O–H groups in total. The minimum atomic E-state index is -3.81. The highest BCUT2D eigenvalue weighted by Crippen LogP contribution is 2.20. The summed E-state index contributed by atoms with van der Waals surface area (Å²) in [5.74, 6) is -0.219. The van der Waals surface area contributed by atoms with Crippen LogP contribution in [0.5, 0.6) is 0 Å². The predicted molar refractivity (Wildman–Crippen MR) is 100 cm³/mol. The van der Waals surface area contributed by atoms with Gasteiger partial charge in [-0.25, -0.2) is 8.42 Å². The van der Waals surface area contributed by atoms with Crippen molar-refractivity contribution in [3.8, 4) is 0 Å². The normalized spacial score (nSPS) is 17.0. The van der Waals surface area contributed by atoms with Gasteiger partial charge < -0.3 is 9.80 Å². The van der Waals surface area contributed by atoms with E-state index in [-0.39, 0.29) is 10.8 Å². The van der Waals surface area contributed by atoms with Gasteiger partial charge in [0.1, 0.15) is 6.04 Å². The SMILES string of the molecule is CN1CCN(C(=O)C(NS(=O)(=O)c2ccccc2)c2ccccc2)CC1. The van der Waals surface area contributed by atoms with Crippen LogP contribution in [0, 0.1) is 0 Å². The maximum absolute atomic E-state index is 13.1. The lowest BCUT2D eigenvalue weighted by Gasteiger charge is -2.34. The van der Waals surface area contributed by atoms with Crippen LogP contribution in [0.15, 0.2) is 65.6 Å². The Labute approximate surface area is 154 Å². The molecule has 0 aliphatic carbocycles. The fraction of sp³-hybridized carbons (Fsp3) is 0.316. The van der Waals surface area contributed by atoms with Crippen molar-refractivity contribution >= 4 is 15.9 Å². The predicted octanol–water partition coefficient (Wildman–Crippen LogP) is 1.48. The summed E-state index contributed by atoms with van der Waals surface area (Å²) >= 11 is 0. The molecule has 1 aliphatic heterocycles. The van der Waals surface area contributed by atoms with Gasteiger partial charge in [-0.1, -0.05) is 48.5 Å². The minimum Gasteiger partial charge on any atom is -0.338 e. The van der Waals surface area contributed by atoms with E-state index in [4.69, 9.17) is 0 Å².